The van der Waals surface area contributed by atoms with Gasteiger partial charge in [0.25, 0.3) is 17.6 Å². The number of hydrogen-bond donors (Lipinski definition) is 2. The maximum Gasteiger partial charge on any atom is 0.295 e. The molecule has 0 saturated carbocycles. The van der Waals surface area contributed by atoms with Crippen LogP contribution in [0.3, 0.4) is 0 Å². The molecule has 0 aliphatic carbocycles. The summed E-state index contributed by atoms with van der Waals surface area (Å²) in [4.78, 5) is 49.8. The van der Waals surface area contributed by atoms with Gasteiger partial charge in [0.1, 0.15) is 11.6 Å². The van der Waals surface area contributed by atoms with E-state index in [0.29, 0.717) is 52.5 Å². The van der Waals surface area contributed by atoms with E-state index in [1.807, 2.05) is 24.3 Å². The number of nitrogens with one attached hydrogen (secondary N) is 2. The Labute approximate surface area is 200 Å². The highest BCUT2D eigenvalue weighted by Gasteiger charge is 2.31. The van der Waals surface area contributed by atoms with Gasteiger partial charge >= 0.3 is 0 Å². The third-order valence-electron chi connectivity index (χ3n) is 6.18. The smallest absolute Gasteiger partial charge is 0.295 e. The third kappa shape index (κ3) is 4.03. The average Bonchev–Trinajstić information content (AvgIpc) is 3.54. The summed E-state index contributed by atoms with van der Waals surface area (Å²) in [5.41, 5.74) is 2.16. The van der Waals surface area contributed by atoms with Gasteiger partial charge < -0.3 is 19.5 Å². The molecule has 3 heterocycles. The lowest BCUT2D eigenvalue weighted by Gasteiger charge is -2.34. The molecule has 0 bridgehead atoms. The van der Waals surface area contributed by atoms with Crippen LogP contribution in [0.15, 0.2) is 48.7 Å². The lowest BCUT2D eigenvalue weighted by atomic mass is 10.0. The lowest BCUT2D eigenvalue weighted by molar-refractivity contribution is -0.127. The molecule has 10 nitrogen and oxygen atoms in total. The molecule has 0 spiro atoms. The highest BCUT2D eigenvalue weighted by atomic mass is 16.5. The van der Waals surface area contributed by atoms with Crippen LogP contribution in [0.2, 0.25) is 0 Å². The summed E-state index contributed by atoms with van der Waals surface area (Å²) in [7, 11) is 1.51. The Morgan fingerprint density at radius 1 is 0.971 bits per heavy atom. The van der Waals surface area contributed by atoms with Crippen molar-refractivity contribution in [3.8, 4) is 17.1 Å². The Hall–Kier alpha value is -4.47. The predicted molar refractivity (Wildman–Crippen MR) is 128 cm³/mol. The second-order valence-corrected chi connectivity index (χ2v) is 8.28. The minimum atomic E-state index is -0.636. The second kappa shape index (κ2) is 9.05. The molecule has 10 heteroatoms. The fourth-order valence-corrected chi connectivity index (χ4v) is 4.36. The lowest BCUT2D eigenvalue weighted by Crippen LogP contribution is -2.52. The molecule has 4 aromatic rings. The molecule has 0 atom stereocenters. The average molecular weight is 473 g/mol. The van der Waals surface area contributed by atoms with Crippen LogP contribution < -0.4 is 4.74 Å². The zero-order valence-electron chi connectivity index (χ0n) is 19.4. The maximum absolute atomic E-state index is 13.3. The number of piperazine rings is 1. The van der Waals surface area contributed by atoms with Crippen LogP contribution in [0.1, 0.15) is 26.5 Å². The molecule has 5 rings (SSSR count). The fourth-order valence-electron chi connectivity index (χ4n) is 4.36. The van der Waals surface area contributed by atoms with Crippen molar-refractivity contribution in [2.24, 2.45) is 0 Å². The van der Waals surface area contributed by atoms with Crippen molar-refractivity contribution in [1.29, 1.82) is 0 Å². The number of carbonyl (C=O) groups excluding carboxylic acids is 3. The Bertz CT molecular complexity index is 1420. The Kier molecular flexibility index (Phi) is 5.77. The van der Waals surface area contributed by atoms with Crippen LogP contribution in [0.4, 0.5) is 0 Å². The quantitative estimate of drug-likeness (QED) is 0.340. The maximum atomic E-state index is 13.3. The van der Waals surface area contributed by atoms with Gasteiger partial charge in [-0.25, -0.2) is 4.98 Å². The number of aromatic amines is 2. The largest absolute Gasteiger partial charge is 0.496 e. The van der Waals surface area contributed by atoms with Crippen molar-refractivity contribution in [2.75, 3.05) is 33.3 Å². The Morgan fingerprint density at radius 2 is 1.69 bits per heavy atom. The highest BCUT2D eigenvalue weighted by molar-refractivity contribution is 6.45. The van der Waals surface area contributed by atoms with E-state index in [2.05, 4.69) is 20.2 Å². The van der Waals surface area contributed by atoms with Crippen molar-refractivity contribution in [3.05, 3.63) is 65.6 Å². The van der Waals surface area contributed by atoms with E-state index in [1.165, 1.54) is 18.2 Å². The van der Waals surface area contributed by atoms with Crippen LogP contribution in [0.5, 0.6) is 5.75 Å². The van der Waals surface area contributed by atoms with Gasteiger partial charge in [-0.05, 0) is 31.2 Å². The number of fused-ring (bicyclic) bond motifs is 1. The standard InChI is InChI=1S/C25H24N6O4/c1-15-27-23(29-28-15)17-8-9-19(35-2)20-18(14-26-21(17)20)22(32)25(34)31-12-10-30(11-13-31)24(33)16-6-4-3-5-7-16/h3-9,14,26H,10-13H2,1-2H3,(H,27,28,29). The molecule has 178 valence electrons. The first-order valence-corrected chi connectivity index (χ1v) is 11.2. The first-order valence-electron chi connectivity index (χ1n) is 11.2. The van der Waals surface area contributed by atoms with E-state index >= 15 is 0 Å². The van der Waals surface area contributed by atoms with Crippen molar-refractivity contribution in [2.45, 2.75) is 6.92 Å². The van der Waals surface area contributed by atoms with Gasteiger partial charge in [-0.2, -0.15) is 5.10 Å². The van der Waals surface area contributed by atoms with Crippen LogP contribution in [0.25, 0.3) is 22.3 Å². The number of benzene rings is 2. The van der Waals surface area contributed by atoms with Crippen molar-refractivity contribution in [3.63, 3.8) is 0 Å². The number of aryl methyl sites for hydroxylation is 1. The van der Waals surface area contributed by atoms with Crippen molar-refractivity contribution < 1.29 is 19.1 Å². The normalized spacial score (nSPS) is 13.8. The molecular formula is C25H24N6O4. The summed E-state index contributed by atoms with van der Waals surface area (Å²) in [6.07, 6.45) is 1.52. The number of methoxy groups -OCH3 is 1. The number of H-pyrrole nitrogens is 2. The highest BCUT2D eigenvalue weighted by Crippen LogP contribution is 2.35. The topological polar surface area (TPSA) is 124 Å². The predicted octanol–water partition coefficient (Wildman–Crippen LogP) is 2.44. The number of ketones is 1. The molecule has 1 aliphatic rings. The number of ether oxygens (including phenoxy) is 1. The van der Waals surface area contributed by atoms with E-state index in [9.17, 15) is 14.4 Å². The summed E-state index contributed by atoms with van der Waals surface area (Å²) < 4.78 is 5.49. The fraction of sp³-hybridized carbons (Fsp3) is 0.240. The summed E-state index contributed by atoms with van der Waals surface area (Å²) in [6, 6.07) is 12.6. The van der Waals surface area contributed by atoms with E-state index in [-0.39, 0.29) is 24.6 Å². The first kappa shape index (κ1) is 22.3. The van der Waals surface area contributed by atoms with Crippen molar-refractivity contribution >= 4 is 28.5 Å². The minimum Gasteiger partial charge on any atom is -0.496 e. The monoisotopic (exact) mass is 472 g/mol. The molecular weight excluding hydrogens is 448 g/mol. The van der Waals surface area contributed by atoms with Crippen LogP contribution >= 0.6 is 0 Å². The number of carbonyl (C=O) groups is 3. The number of Topliss-reactive ketones (excluding diaryl/α,β-unsaturated/α-hetero) is 1. The number of nitrogens with zero attached hydrogens (tertiary/aromatic N) is 4. The van der Waals surface area contributed by atoms with Crippen LogP contribution in [0, 0.1) is 6.92 Å². The first-order chi connectivity index (χ1) is 17.0. The summed E-state index contributed by atoms with van der Waals surface area (Å²) in [5.74, 6) is 0.272. The summed E-state index contributed by atoms with van der Waals surface area (Å²) >= 11 is 0. The molecule has 1 fully saturated rings. The SMILES string of the molecule is COc1ccc(-c2nc(C)n[nH]2)c2[nH]cc(C(=O)C(=O)N3CCN(C(=O)c4ccccc4)CC3)c12. The second-order valence-electron chi connectivity index (χ2n) is 8.28. The van der Waals surface area contributed by atoms with E-state index in [0.717, 1.165) is 0 Å². The molecule has 2 N–H and O–H groups in total. The molecule has 2 amide bonds. The number of aromatic nitrogens is 4. The number of rotatable bonds is 5. The van der Waals surface area contributed by atoms with Gasteiger partial charge in [-0.1, -0.05) is 18.2 Å². The van der Waals surface area contributed by atoms with Gasteiger partial charge in [-0.15, -0.1) is 0 Å². The Balaban J connectivity index is 1.37. The molecule has 1 aliphatic heterocycles. The van der Waals surface area contributed by atoms with Gasteiger partial charge in [0.2, 0.25) is 0 Å². The molecule has 1 saturated heterocycles. The zero-order valence-corrected chi connectivity index (χ0v) is 19.4. The van der Waals surface area contributed by atoms with E-state index < -0.39 is 11.7 Å². The van der Waals surface area contributed by atoms with Gasteiger partial charge in [0, 0.05) is 43.5 Å². The Morgan fingerprint density at radius 3 is 2.34 bits per heavy atom. The third-order valence-corrected chi connectivity index (χ3v) is 6.18. The molecule has 35 heavy (non-hydrogen) atoms. The molecule has 2 aromatic carbocycles. The van der Waals surface area contributed by atoms with Gasteiger partial charge in [-0.3, -0.25) is 19.5 Å². The van der Waals surface area contributed by atoms with E-state index in [4.69, 9.17) is 4.74 Å². The minimum absolute atomic E-state index is 0.0828. The van der Waals surface area contributed by atoms with Crippen LogP contribution in [-0.2, 0) is 4.79 Å². The summed E-state index contributed by atoms with van der Waals surface area (Å²) in [5, 5.41) is 7.46. The van der Waals surface area contributed by atoms with Gasteiger partial charge in [0.05, 0.1) is 23.6 Å². The molecule has 0 radical (unpaired) electrons. The van der Waals surface area contributed by atoms with Gasteiger partial charge in [0.15, 0.2) is 5.82 Å². The van der Waals surface area contributed by atoms with Crippen LogP contribution in [-0.4, -0.2) is 80.9 Å². The molecule has 2 aromatic heterocycles. The number of hydrogen-bond acceptors (Lipinski definition) is 6. The molecule has 0 unspecified atom stereocenters. The zero-order chi connectivity index (χ0) is 24.5. The number of amides is 2. The van der Waals surface area contributed by atoms with Crippen molar-refractivity contribution in [1.82, 2.24) is 30.0 Å². The van der Waals surface area contributed by atoms with E-state index in [1.54, 1.807) is 30.0 Å². The summed E-state index contributed by atoms with van der Waals surface area (Å²) in [6.45, 7) is 3.06.